The Kier molecular flexibility index (Phi) is 8.64. The first-order chi connectivity index (χ1) is 15.6. The first-order valence-corrected chi connectivity index (χ1v) is 11.1. The summed E-state index contributed by atoms with van der Waals surface area (Å²) in [7, 11) is 0. The molecular formula is C25H31FN2O4. The largest absolute Gasteiger partial charge is 0.492 e. The summed E-state index contributed by atoms with van der Waals surface area (Å²) in [5, 5.41) is 0.340. The summed E-state index contributed by atoms with van der Waals surface area (Å²) in [4.78, 5) is 18.0. The van der Waals surface area contributed by atoms with Crippen molar-refractivity contribution in [2.24, 2.45) is 0 Å². The van der Waals surface area contributed by atoms with Gasteiger partial charge in [-0.3, -0.25) is 9.69 Å². The molecule has 0 saturated carbocycles. The Morgan fingerprint density at radius 2 is 1.78 bits per heavy atom. The van der Waals surface area contributed by atoms with Gasteiger partial charge in [0.2, 0.25) is 0 Å². The van der Waals surface area contributed by atoms with Gasteiger partial charge in [-0.2, -0.15) is 0 Å². The molecule has 6 nitrogen and oxygen atoms in total. The summed E-state index contributed by atoms with van der Waals surface area (Å²) in [6.07, 6.45) is 0. The molecule has 0 aliphatic carbocycles. The van der Waals surface area contributed by atoms with E-state index in [9.17, 15) is 9.18 Å². The van der Waals surface area contributed by atoms with E-state index in [1.807, 2.05) is 38.1 Å². The Balaban J connectivity index is 0.00000141. The SMILES string of the molecule is CC.Cc1c(COc2cccc(OCCN3CCOCC3)c2)[nH]c2ccc(F)cc2c1=O. The third-order valence-corrected chi connectivity index (χ3v) is 5.27. The second-order valence-electron chi connectivity index (χ2n) is 7.31. The van der Waals surface area contributed by atoms with Crippen molar-refractivity contribution in [1.82, 2.24) is 9.88 Å². The number of benzene rings is 2. The average Bonchev–Trinajstić information content (AvgIpc) is 2.83. The number of ether oxygens (including phenoxy) is 3. The highest BCUT2D eigenvalue weighted by molar-refractivity contribution is 5.79. The number of H-pyrrole nitrogens is 1. The lowest BCUT2D eigenvalue weighted by atomic mass is 10.1. The van der Waals surface area contributed by atoms with Gasteiger partial charge in [-0.05, 0) is 37.3 Å². The molecule has 2 aromatic carbocycles. The average molecular weight is 443 g/mol. The normalized spacial score (nSPS) is 14.0. The van der Waals surface area contributed by atoms with Crippen LogP contribution in [0.3, 0.4) is 0 Å². The number of rotatable bonds is 7. The van der Waals surface area contributed by atoms with E-state index in [0.29, 0.717) is 34.5 Å². The smallest absolute Gasteiger partial charge is 0.192 e. The van der Waals surface area contributed by atoms with Gasteiger partial charge in [-0.1, -0.05) is 19.9 Å². The zero-order valence-electron chi connectivity index (χ0n) is 18.9. The maximum Gasteiger partial charge on any atom is 0.192 e. The van der Waals surface area contributed by atoms with Crippen LogP contribution in [0.5, 0.6) is 11.5 Å². The maximum absolute atomic E-state index is 13.5. The molecule has 0 unspecified atom stereocenters. The predicted molar refractivity (Wildman–Crippen MR) is 124 cm³/mol. The van der Waals surface area contributed by atoms with Gasteiger partial charge in [0.25, 0.3) is 0 Å². The Bertz CT molecular complexity index is 1080. The van der Waals surface area contributed by atoms with Gasteiger partial charge in [0.1, 0.15) is 30.5 Å². The van der Waals surface area contributed by atoms with Crippen LogP contribution in [-0.4, -0.2) is 49.3 Å². The third-order valence-electron chi connectivity index (χ3n) is 5.27. The summed E-state index contributed by atoms with van der Waals surface area (Å²) in [5.41, 5.74) is 1.58. The van der Waals surface area contributed by atoms with E-state index in [1.165, 1.54) is 12.1 Å². The van der Waals surface area contributed by atoms with Crippen LogP contribution >= 0.6 is 0 Å². The maximum atomic E-state index is 13.5. The number of nitrogens with one attached hydrogen (secondary N) is 1. The second kappa shape index (κ2) is 11.6. The fourth-order valence-electron chi connectivity index (χ4n) is 3.48. The number of hydrogen-bond acceptors (Lipinski definition) is 5. The molecule has 1 aromatic heterocycles. The van der Waals surface area contributed by atoms with Crippen molar-refractivity contribution in [2.45, 2.75) is 27.4 Å². The highest BCUT2D eigenvalue weighted by Crippen LogP contribution is 2.21. The van der Waals surface area contributed by atoms with E-state index in [-0.39, 0.29) is 12.0 Å². The van der Waals surface area contributed by atoms with Crippen molar-refractivity contribution in [3.8, 4) is 11.5 Å². The number of pyridine rings is 1. The number of hydrogen-bond donors (Lipinski definition) is 1. The van der Waals surface area contributed by atoms with Crippen LogP contribution in [0.15, 0.2) is 47.3 Å². The van der Waals surface area contributed by atoms with E-state index in [2.05, 4.69) is 9.88 Å². The molecule has 0 atom stereocenters. The molecule has 3 aromatic rings. The predicted octanol–water partition coefficient (Wildman–Crippen LogP) is 4.29. The van der Waals surface area contributed by atoms with Crippen LogP contribution in [0.4, 0.5) is 4.39 Å². The highest BCUT2D eigenvalue weighted by atomic mass is 19.1. The standard InChI is InChI=1S/C23H25FN2O4.C2H6/c1-16-22(25-21-6-5-17(24)13-20(21)23(16)27)15-30-19-4-2-3-18(14-19)29-12-9-26-7-10-28-11-8-26;1-2/h2-6,13-14H,7-12,15H2,1H3,(H,25,27);1-2H3. The van der Waals surface area contributed by atoms with Crippen molar-refractivity contribution in [3.63, 3.8) is 0 Å². The number of aromatic amines is 1. The minimum Gasteiger partial charge on any atom is -0.492 e. The number of morpholine rings is 1. The van der Waals surface area contributed by atoms with Crippen molar-refractivity contribution < 1.29 is 18.6 Å². The van der Waals surface area contributed by atoms with Crippen molar-refractivity contribution in [3.05, 3.63) is 69.8 Å². The van der Waals surface area contributed by atoms with E-state index in [0.717, 1.165) is 38.6 Å². The quantitative estimate of drug-likeness (QED) is 0.591. The summed E-state index contributed by atoms with van der Waals surface area (Å²) >= 11 is 0. The Labute approximate surface area is 187 Å². The van der Waals surface area contributed by atoms with Gasteiger partial charge in [-0.25, -0.2) is 4.39 Å². The fraction of sp³-hybridized carbons (Fsp3) is 0.400. The van der Waals surface area contributed by atoms with Crippen molar-refractivity contribution in [2.75, 3.05) is 39.5 Å². The van der Waals surface area contributed by atoms with Gasteiger partial charge >= 0.3 is 0 Å². The Hall–Kier alpha value is -2.90. The summed E-state index contributed by atoms with van der Waals surface area (Å²) < 4.78 is 30.5. The molecule has 1 aliphatic heterocycles. The summed E-state index contributed by atoms with van der Waals surface area (Å²) in [5.74, 6) is 0.958. The number of aromatic nitrogens is 1. The lowest BCUT2D eigenvalue weighted by molar-refractivity contribution is 0.0322. The van der Waals surface area contributed by atoms with Gasteiger partial charge in [-0.15, -0.1) is 0 Å². The summed E-state index contributed by atoms with van der Waals surface area (Å²) in [6.45, 7) is 10.8. The van der Waals surface area contributed by atoms with Gasteiger partial charge in [0, 0.05) is 42.2 Å². The lowest BCUT2D eigenvalue weighted by Crippen LogP contribution is -2.38. The van der Waals surface area contributed by atoms with Crippen LogP contribution in [0.2, 0.25) is 0 Å². The van der Waals surface area contributed by atoms with Crippen LogP contribution in [-0.2, 0) is 11.3 Å². The molecule has 172 valence electrons. The van der Waals surface area contributed by atoms with Crippen molar-refractivity contribution >= 4 is 10.9 Å². The molecule has 0 bridgehead atoms. The Morgan fingerprint density at radius 3 is 2.53 bits per heavy atom. The third kappa shape index (κ3) is 6.08. The van der Waals surface area contributed by atoms with Crippen LogP contribution in [0, 0.1) is 12.7 Å². The monoisotopic (exact) mass is 442 g/mol. The minimum atomic E-state index is -0.429. The number of nitrogens with zero attached hydrogens (tertiary/aromatic N) is 1. The molecule has 2 heterocycles. The number of fused-ring (bicyclic) bond motifs is 1. The van der Waals surface area contributed by atoms with Gasteiger partial charge in [0.15, 0.2) is 5.43 Å². The zero-order valence-corrected chi connectivity index (χ0v) is 18.9. The van der Waals surface area contributed by atoms with Crippen LogP contribution < -0.4 is 14.9 Å². The lowest BCUT2D eigenvalue weighted by Gasteiger charge is -2.26. The van der Waals surface area contributed by atoms with Gasteiger partial charge in [0.05, 0.1) is 18.9 Å². The van der Waals surface area contributed by atoms with Crippen LogP contribution in [0.1, 0.15) is 25.1 Å². The van der Waals surface area contributed by atoms with E-state index >= 15 is 0 Å². The molecule has 1 fully saturated rings. The first-order valence-electron chi connectivity index (χ1n) is 11.1. The van der Waals surface area contributed by atoms with Gasteiger partial charge < -0.3 is 19.2 Å². The summed E-state index contributed by atoms with van der Waals surface area (Å²) in [6, 6.07) is 11.6. The van der Waals surface area contributed by atoms with E-state index in [4.69, 9.17) is 14.2 Å². The molecule has 7 heteroatoms. The molecular weight excluding hydrogens is 411 g/mol. The zero-order chi connectivity index (χ0) is 22.9. The molecule has 1 aliphatic rings. The molecule has 1 N–H and O–H groups in total. The second-order valence-corrected chi connectivity index (χ2v) is 7.31. The highest BCUT2D eigenvalue weighted by Gasteiger charge is 2.11. The molecule has 0 spiro atoms. The molecule has 1 saturated heterocycles. The van der Waals surface area contributed by atoms with E-state index < -0.39 is 5.82 Å². The molecule has 4 rings (SSSR count). The first kappa shape index (κ1) is 23.8. The minimum absolute atomic E-state index is 0.193. The fourth-order valence-corrected chi connectivity index (χ4v) is 3.48. The molecule has 0 amide bonds. The molecule has 0 radical (unpaired) electrons. The number of halogens is 1. The van der Waals surface area contributed by atoms with E-state index in [1.54, 1.807) is 13.0 Å². The van der Waals surface area contributed by atoms with Crippen LogP contribution in [0.25, 0.3) is 10.9 Å². The van der Waals surface area contributed by atoms with Crippen molar-refractivity contribution in [1.29, 1.82) is 0 Å². The topological polar surface area (TPSA) is 63.8 Å². The Morgan fingerprint density at radius 1 is 1.06 bits per heavy atom. The molecule has 32 heavy (non-hydrogen) atoms.